The summed E-state index contributed by atoms with van der Waals surface area (Å²) < 4.78 is 43.4. The van der Waals surface area contributed by atoms with Crippen LogP contribution < -0.4 is 0 Å². The highest BCUT2D eigenvalue weighted by molar-refractivity contribution is 5.95. The molecule has 0 N–H and O–H groups in total. The molecule has 1 saturated carbocycles. The van der Waals surface area contributed by atoms with Gasteiger partial charge in [0.05, 0.1) is 5.56 Å². The van der Waals surface area contributed by atoms with Crippen LogP contribution >= 0.6 is 0 Å². The SMILES string of the molecule is Cc1noc(-c2ccc(C(=O)N(Cc3ccc(C(F)(F)F)cc3)C3CC3)cc2)n1. The first-order valence-corrected chi connectivity index (χ1v) is 9.19. The molecule has 0 radical (unpaired) electrons. The van der Waals surface area contributed by atoms with Crippen LogP contribution in [0, 0.1) is 6.92 Å². The molecule has 0 aliphatic heterocycles. The maximum absolute atomic E-state index is 13.0. The molecule has 1 fully saturated rings. The van der Waals surface area contributed by atoms with E-state index in [9.17, 15) is 18.0 Å². The fourth-order valence-corrected chi connectivity index (χ4v) is 3.08. The fourth-order valence-electron chi connectivity index (χ4n) is 3.08. The molecule has 0 bridgehead atoms. The molecule has 4 rings (SSSR count). The van der Waals surface area contributed by atoms with E-state index < -0.39 is 11.7 Å². The molecule has 0 unspecified atom stereocenters. The summed E-state index contributed by atoms with van der Waals surface area (Å²) in [5.41, 5.74) is 1.18. The van der Waals surface area contributed by atoms with Crippen molar-refractivity contribution in [2.45, 2.75) is 38.5 Å². The van der Waals surface area contributed by atoms with E-state index in [1.54, 1.807) is 36.1 Å². The maximum Gasteiger partial charge on any atom is 0.416 e. The summed E-state index contributed by atoms with van der Waals surface area (Å²) in [6, 6.07) is 11.9. The van der Waals surface area contributed by atoms with Crippen molar-refractivity contribution >= 4 is 5.91 Å². The van der Waals surface area contributed by atoms with E-state index in [-0.39, 0.29) is 18.5 Å². The van der Waals surface area contributed by atoms with E-state index in [0.29, 0.717) is 28.4 Å². The van der Waals surface area contributed by atoms with Crippen LogP contribution in [-0.4, -0.2) is 27.0 Å². The molecule has 0 atom stereocenters. The Morgan fingerprint density at radius 2 is 1.76 bits per heavy atom. The number of carbonyl (C=O) groups excluding carboxylic acids is 1. The van der Waals surface area contributed by atoms with Crippen molar-refractivity contribution in [3.8, 4) is 11.5 Å². The summed E-state index contributed by atoms with van der Waals surface area (Å²) in [5.74, 6) is 0.752. The number of alkyl halides is 3. The Hall–Kier alpha value is -3.16. The lowest BCUT2D eigenvalue weighted by molar-refractivity contribution is -0.137. The number of halogens is 3. The molecule has 1 aliphatic carbocycles. The van der Waals surface area contributed by atoms with Crippen molar-refractivity contribution in [2.75, 3.05) is 0 Å². The van der Waals surface area contributed by atoms with Crippen molar-refractivity contribution in [2.24, 2.45) is 0 Å². The van der Waals surface area contributed by atoms with Crippen LogP contribution in [0.3, 0.4) is 0 Å². The van der Waals surface area contributed by atoms with Crippen LogP contribution in [0.4, 0.5) is 13.2 Å². The predicted molar refractivity (Wildman–Crippen MR) is 98.8 cm³/mol. The first kappa shape index (κ1) is 19.2. The number of rotatable bonds is 5. The van der Waals surface area contributed by atoms with Crippen molar-refractivity contribution < 1.29 is 22.5 Å². The molecule has 5 nitrogen and oxygen atoms in total. The molecule has 0 saturated heterocycles. The monoisotopic (exact) mass is 401 g/mol. The Bertz CT molecular complexity index is 1010. The zero-order chi connectivity index (χ0) is 20.6. The van der Waals surface area contributed by atoms with Gasteiger partial charge in [0.25, 0.3) is 11.8 Å². The minimum atomic E-state index is -4.37. The number of hydrogen-bond acceptors (Lipinski definition) is 4. The molecular formula is C21H18F3N3O2. The molecule has 1 heterocycles. The van der Waals surface area contributed by atoms with E-state index in [1.807, 2.05) is 0 Å². The summed E-state index contributed by atoms with van der Waals surface area (Å²) in [4.78, 5) is 18.9. The van der Waals surface area contributed by atoms with Crippen molar-refractivity contribution in [1.29, 1.82) is 0 Å². The molecule has 0 spiro atoms. The fraction of sp³-hybridized carbons (Fsp3) is 0.286. The van der Waals surface area contributed by atoms with Gasteiger partial charge in [-0.1, -0.05) is 17.3 Å². The van der Waals surface area contributed by atoms with Gasteiger partial charge in [-0.15, -0.1) is 0 Å². The molecule has 1 amide bonds. The number of aryl methyl sites for hydroxylation is 1. The van der Waals surface area contributed by atoms with Gasteiger partial charge >= 0.3 is 6.18 Å². The molecule has 1 aliphatic rings. The molecular weight excluding hydrogens is 383 g/mol. The maximum atomic E-state index is 13.0. The van der Waals surface area contributed by atoms with E-state index in [0.717, 1.165) is 25.0 Å². The zero-order valence-electron chi connectivity index (χ0n) is 15.6. The van der Waals surface area contributed by atoms with Gasteiger partial charge in [-0.05, 0) is 61.7 Å². The van der Waals surface area contributed by atoms with Gasteiger partial charge in [-0.2, -0.15) is 18.2 Å². The standard InChI is InChI=1S/C21H18F3N3O2/c1-13-25-19(29-26-13)15-4-6-16(7-5-15)20(28)27(18-10-11-18)12-14-2-8-17(9-3-14)21(22,23)24/h2-9,18H,10-12H2,1H3. The Morgan fingerprint density at radius 1 is 1.10 bits per heavy atom. The van der Waals surface area contributed by atoms with Crippen molar-refractivity contribution in [1.82, 2.24) is 15.0 Å². The van der Waals surface area contributed by atoms with Gasteiger partial charge in [-0.3, -0.25) is 4.79 Å². The van der Waals surface area contributed by atoms with E-state index in [2.05, 4.69) is 10.1 Å². The summed E-state index contributed by atoms with van der Waals surface area (Å²) in [7, 11) is 0. The van der Waals surface area contributed by atoms with Crippen LogP contribution in [0.2, 0.25) is 0 Å². The smallest absolute Gasteiger partial charge is 0.334 e. The lowest BCUT2D eigenvalue weighted by Crippen LogP contribution is -2.32. The first-order valence-electron chi connectivity index (χ1n) is 9.19. The molecule has 1 aromatic heterocycles. The second-order valence-electron chi connectivity index (χ2n) is 7.08. The van der Waals surface area contributed by atoms with E-state index >= 15 is 0 Å². The first-order chi connectivity index (χ1) is 13.8. The van der Waals surface area contributed by atoms with Gasteiger partial charge in [0, 0.05) is 23.7 Å². The summed E-state index contributed by atoms with van der Waals surface area (Å²) >= 11 is 0. The topological polar surface area (TPSA) is 59.2 Å². The molecule has 8 heteroatoms. The Balaban J connectivity index is 1.50. The van der Waals surface area contributed by atoms with E-state index in [1.165, 1.54) is 12.1 Å². The highest BCUT2D eigenvalue weighted by atomic mass is 19.4. The van der Waals surface area contributed by atoms with Gasteiger partial charge < -0.3 is 9.42 Å². The number of hydrogen-bond donors (Lipinski definition) is 0. The number of carbonyl (C=O) groups is 1. The van der Waals surface area contributed by atoms with Gasteiger partial charge in [-0.25, -0.2) is 0 Å². The molecule has 3 aromatic rings. The van der Waals surface area contributed by atoms with Gasteiger partial charge in [0.2, 0.25) is 0 Å². The minimum Gasteiger partial charge on any atom is -0.334 e. The molecule has 29 heavy (non-hydrogen) atoms. The van der Waals surface area contributed by atoms with Crippen LogP contribution in [-0.2, 0) is 12.7 Å². The second kappa shape index (κ2) is 7.35. The van der Waals surface area contributed by atoms with E-state index in [4.69, 9.17) is 4.52 Å². The Morgan fingerprint density at radius 3 is 2.28 bits per heavy atom. The average Bonchev–Trinajstić information content (AvgIpc) is 3.45. The highest BCUT2D eigenvalue weighted by Crippen LogP contribution is 2.32. The van der Waals surface area contributed by atoms with Crippen LogP contribution in [0.25, 0.3) is 11.5 Å². The Labute approximate surface area is 165 Å². The third kappa shape index (κ3) is 4.31. The third-order valence-electron chi connectivity index (χ3n) is 4.79. The Kier molecular flexibility index (Phi) is 4.86. The number of benzene rings is 2. The van der Waals surface area contributed by atoms with Crippen molar-refractivity contribution in [3.05, 3.63) is 71.0 Å². The quantitative estimate of drug-likeness (QED) is 0.612. The summed E-state index contributed by atoms with van der Waals surface area (Å²) in [6.07, 6.45) is -2.58. The number of nitrogens with zero attached hydrogens (tertiary/aromatic N) is 3. The lowest BCUT2D eigenvalue weighted by Gasteiger charge is -2.23. The number of aromatic nitrogens is 2. The minimum absolute atomic E-state index is 0.114. The van der Waals surface area contributed by atoms with Crippen LogP contribution in [0.5, 0.6) is 0 Å². The van der Waals surface area contributed by atoms with Gasteiger partial charge in [0.15, 0.2) is 5.82 Å². The second-order valence-corrected chi connectivity index (χ2v) is 7.08. The van der Waals surface area contributed by atoms with Crippen LogP contribution in [0.15, 0.2) is 53.1 Å². The predicted octanol–water partition coefficient (Wildman–Crippen LogP) is 4.87. The summed E-state index contributed by atoms with van der Waals surface area (Å²) in [6.45, 7) is 1.99. The largest absolute Gasteiger partial charge is 0.416 e. The average molecular weight is 401 g/mol. The lowest BCUT2D eigenvalue weighted by atomic mass is 10.1. The normalized spacial score (nSPS) is 14.1. The highest BCUT2D eigenvalue weighted by Gasteiger charge is 2.34. The van der Waals surface area contributed by atoms with Crippen molar-refractivity contribution in [3.63, 3.8) is 0 Å². The summed E-state index contributed by atoms with van der Waals surface area (Å²) in [5, 5.41) is 3.75. The van der Waals surface area contributed by atoms with Crippen LogP contribution in [0.1, 0.15) is 40.2 Å². The molecule has 150 valence electrons. The zero-order valence-corrected chi connectivity index (χ0v) is 15.6. The number of amides is 1. The molecule has 2 aromatic carbocycles. The third-order valence-corrected chi connectivity index (χ3v) is 4.79. The van der Waals surface area contributed by atoms with Gasteiger partial charge in [0.1, 0.15) is 0 Å².